The quantitative estimate of drug-likeness (QED) is 0.768. The fourth-order valence-electron chi connectivity index (χ4n) is 2.50. The summed E-state index contributed by atoms with van der Waals surface area (Å²) in [6.07, 6.45) is 2.53. The summed E-state index contributed by atoms with van der Waals surface area (Å²) in [5, 5.41) is 2.90. The Labute approximate surface area is 137 Å². The van der Waals surface area contributed by atoms with Crippen molar-refractivity contribution in [3.05, 3.63) is 30.1 Å². The van der Waals surface area contributed by atoms with E-state index in [9.17, 15) is 4.79 Å². The number of aryl methyl sites for hydroxylation is 2. The second-order valence-electron chi connectivity index (χ2n) is 5.34. The summed E-state index contributed by atoms with van der Waals surface area (Å²) in [5.74, 6) is 0.953. The van der Waals surface area contributed by atoms with Crippen LogP contribution in [0.4, 0.5) is 0 Å². The van der Waals surface area contributed by atoms with Crippen LogP contribution < -0.4 is 11.1 Å². The second kappa shape index (κ2) is 8.76. The van der Waals surface area contributed by atoms with Crippen LogP contribution in [0.25, 0.3) is 11.0 Å². The van der Waals surface area contributed by atoms with Crippen LogP contribution in [0.5, 0.6) is 0 Å². The molecule has 1 aromatic carbocycles. The summed E-state index contributed by atoms with van der Waals surface area (Å²) in [6.45, 7) is 5.52. The van der Waals surface area contributed by atoms with Gasteiger partial charge in [-0.25, -0.2) is 4.98 Å². The molecular weight excluding hydrogens is 300 g/mol. The van der Waals surface area contributed by atoms with E-state index in [1.807, 2.05) is 32.0 Å². The minimum Gasteiger partial charge on any atom is -0.355 e. The number of benzene rings is 1. The molecule has 22 heavy (non-hydrogen) atoms. The van der Waals surface area contributed by atoms with Gasteiger partial charge in [-0.15, -0.1) is 12.4 Å². The van der Waals surface area contributed by atoms with Crippen LogP contribution in [0.15, 0.2) is 24.3 Å². The van der Waals surface area contributed by atoms with Crippen molar-refractivity contribution < 1.29 is 4.79 Å². The third kappa shape index (κ3) is 4.45. The predicted molar refractivity (Wildman–Crippen MR) is 92.2 cm³/mol. The molecule has 1 unspecified atom stereocenters. The summed E-state index contributed by atoms with van der Waals surface area (Å²) in [4.78, 5) is 16.3. The lowest BCUT2D eigenvalue weighted by Gasteiger charge is -2.12. The van der Waals surface area contributed by atoms with Crippen molar-refractivity contribution in [3.8, 4) is 0 Å². The Morgan fingerprint density at radius 1 is 1.41 bits per heavy atom. The number of hydrogen-bond acceptors (Lipinski definition) is 3. The van der Waals surface area contributed by atoms with Gasteiger partial charge >= 0.3 is 0 Å². The molecule has 0 saturated carbocycles. The van der Waals surface area contributed by atoms with Gasteiger partial charge in [-0.1, -0.05) is 25.5 Å². The van der Waals surface area contributed by atoms with E-state index in [1.165, 1.54) is 0 Å². The number of para-hydroxylation sites is 2. The zero-order chi connectivity index (χ0) is 15.2. The molecule has 1 atom stereocenters. The van der Waals surface area contributed by atoms with Gasteiger partial charge in [0.05, 0.1) is 17.1 Å². The van der Waals surface area contributed by atoms with Crippen LogP contribution in [-0.2, 0) is 11.3 Å². The highest BCUT2D eigenvalue weighted by Crippen LogP contribution is 2.15. The largest absolute Gasteiger partial charge is 0.355 e. The summed E-state index contributed by atoms with van der Waals surface area (Å²) < 4.78 is 2.19. The number of hydrogen-bond donors (Lipinski definition) is 2. The Morgan fingerprint density at radius 3 is 2.86 bits per heavy atom. The van der Waals surface area contributed by atoms with Gasteiger partial charge in [0.2, 0.25) is 5.91 Å². The standard InChI is InChI=1S/C16H24N4O.ClH/c1-3-7-13(17)16(21)18-10-6-11-20-12(2)19-14-8-4-5-9-15(14)20;/h4-5,8-9,13H,3,6-7,10-11,17H2,1-2H3,(H,18,21);1H. The van der Waals surface area contributed by atoms with Crippen LogP contribution in [0, 0.1) is 6.92 Å². The van der Waals surface area contributed by atoms with Gasteiger partial charge in [-0.05, 0) is 31.9 Å². The van der Waals surface area contributed by atoms with Crippen LogP contribution in [0.1, 0.15) is 32.0 Å². The highest BCUT2D eigenvalue weighted by molar-refractivity contribution is 5.85. The van der Waals surface area contributed by atoms with Crippen molar-refractivity contribution in [2.75, 3.05) is 6.54 Å². The number of nitrogens with two attached hydrogens (primary N) is 1. The first-order chi connectivity index (χ1) is 10.1. The maximum atomic E-state index is 11.7. The molecule has 1 heterocycles. The zero-order valence-electron chi connectivity index (χ0n) is 13.2. The Morgan fingerprint density at radius 2 is 2.14 bits per heavy atom. The number of nitrogens with zero attached hydrogens (tertiary/aromatic N) is 2. The molecule has 1 aromatic heterocycles. The number of fused-ring (bicyclic) bond motifs is 1. The topological polar surface area (TPSA) is 72.9 Å². The van der Waals surface area contributed by atoms with Gasteiger partial charge in [-0.2, -0.15) is 0 Å². The van der Waals surface area contributed by atoms with E-state index < -0.39 is 0 Å². The third-order valence-corrected chi connectivity index (χ3v) is 3.64. The van der Waals surface area contributed by atoms with Crippen molar-refractivity contribution in [2.24, 2.45) is 5.73 Å². The molecule has 0 aliphatic rings. The maximum absolute atomic E-state index is 11.7. The lowest BCUT2D eigenvalue weighted by atomic mass is 10.1. The molecule has 1 amide bonds. The van der Waals surface area contributed by atoms with Crippen LogP contribution in [-0.4, -0.2) is 28.0 Å². The van der Waals surface area contributed by atoms with Gasteiger partial charge in [0.25, 0.3) is 0 Å². The van der Waals surface area contributed by atoms with E-state index in [2.05, 4.69) is 20.9 Å². The minimum absolute atomic E-state index is 0. The lowest BCUT2D eigenvalue weighted by molar-refractivity contribution is -0.122. The van der Waals surface area contributed by atoms with E-state index >= 15 is 0 Å². The highest BCUT2D eigenvalue weighted by atomic mass is 35.5. The fraction of sp³-hybridized carbons (Fsp3) is 0.500. The van der Waals surface area contributed by atoms with Crippen molar-refractivity contribution in [3.63, 3.8) is 0 Å². The molecule has 2 rings (SSSR count). The molecule has 0 fully saturated rings. The number of amides is 1. The lowest BCUT2D eigenvalue weighted by Crippen LogP contribution is -2.40. The number of carbonyl (C=O) groups is 1. The first-order valence-electron chi connectivity index (χ1n) is 7.58. The van der Waals surface area contributed by atoms with Gasteiger partial charge in [0.15, 0.2) is 0 Å². The molecule has 6 heteroatoms. The second-order valence-corrected chi connectivity index (χ2v) is 5.34. The van der Waals surface area contributed by atoms with Crippen LogP contribution >= 0.6 is 12.4 Å². The number of imidazole rings is 1. The highest BCUT2D eigenvalue weighted by Gasteiger charge is 2.11. The number of aromatic nitrogens is 2. The molecule has 0 saturated heterocycles. The SMILES string of the molecule is CCCC(N)C(=O)NCCCn1c(C)nc2ccccc21.Cl. The first kappa shape index (κ1) is 18.5. The Balaban J connectivity index is 0.00000242. The van der Waals surface area contributed by atoms with E-state index in [-0.39, 0.29) is 24.4 Å². The molecule has 0 radical (unpaired) electrons. The molecular formula is C16H25ClN4O. The normalized spacial score (nSPS) is 12.0. The zero-order valence-corrected chi connectivity index (χ0v) is 14.0. The molecule has 0 aliphatic carbocycles. The molecule has 0 bridgehead atoms. The average Bonchev–Trinajstić information content (AvgIpc) is 2.79. The van der Waals surface area contributed by atoms with Gasteiger partial charge in [-0.3, -0.25) is 4.79 Å². The molecule has 2 aromatic rings. The summed E-state index contributed by atoms with van der Waals surface area (Å²) >= 11 is 0. The number of carbonyl (C=O) groups excluding carboxylic acids is 1. The van der Waals surface area contributed by atoms with E-state index in [0.717, 1.165) is 42.7 Å². The number of rotatable bonds is 7. The Hall–Kier alpha value is -1.59. The smallest absolute Gasteiger partial charge is 0.236 e. The first-order valence-corrected chi connectivity index (χ1v) is 7.58. The van der Waals surface area contributed by atoms with E-state index in [4.69, 9.17) is 5.73 Å². The van der Waals surface area contributed by atoms with Gasteiger partial charge in [0, 0.05) is 13.1 Å². The van der Waals surface area contributed by atoms with Gasteiger partial charge < -0.3 is 15.6 Å². The van der Waals surface area contributed by atoms with Crippen molar-refractivity contribution in [1.82, 2.24) is 14.9 Å². The van der Waals surface area contributed by atoms with Gasteiger partial charge in [0.1, 0.15) is 5.82 Å². The fourth-order valence-corrected chi connectivity index (χ4v) is 2.50. The predicted octanol–water partition coefficient (Wildman–Crippen LogP) is 2.40. The molecule has 0 spiro atoms. The Bertz CT molecular complexity index is 611. The Kier molecular flexibility index (Phi) is 7.35. The molecule has 122 valence electrons. The van der Waals surface area contributed by atoms with Crippen LogP contribution in [0.3, 0.4) is 0 Å². The number of nitrogens with one attached hydrogen (secondary N) is 1. The van der Waals surface area contributed by atoms with Crippen molar-refractivity contribution in [1.29, 1.82) is 0 Å². The maximum Gasteiger partial charge on any atom is 0.236 e. The summed E-state index contributed by atoms with van der Waals surface area (Å²) in [6, 6.07) is 7.72. The monoisotopic (exact) mass is 324 g/mol. The number of halogens is 1. The van der Waals surface area contributed by atoms with Crippen LogP contribution in [0.2, 0.25) is 0 Å². The molecule has 0 aliphatic heterocycles. The van der Waals surface area contributed by atoms with Crippen molar-refractivity contribution in [2.45, 2.75) is 45.7 Å². The molecule has 5 nitrogen and oxygen atoms in total. The summed E-state index contributed by atoms with van der Waals surface area (Å²) in [7, 11) is 0. The minimum atomic E-state index is -0.384. The summed E-state index contributed by atoms with van der Waals surface area (Å²) in [5.41, 5.74) is 7.94. The van der Waals surface area contributed by atoms with E-state index in [1.54, 1.807) is 0 Å². The molecule has 3 N–H and O–H groups in total. The van der Waals surface area contributed by atoms with Crippen molar-refractivity contribution >= 4 is 29.3 Å². The average molecular weight is 325 g/mol. The van der Waals surface area contributed by atoms with E-state index in [0.29, 0.717) is 6.54 Å². The third-order valence-electron chi connectivity index (χ3n) is 3.64.